The summed E-state index contributed by atoms with van der Waals surface area (Å²) in [7, 11) is 2.18. The molecular weight excluding hydrogens is 267 g/mol. The van der Waals surface area contributed by atoms with Gasteiger partial charge in [-0.3, -0.25) is 0 Å². The summed E-state index contributed by atoms with van der Waals surface area (Å²) in [4.78, 5) is 2.38. The van der Waals surface area contributed by atoms with Crippen LogP contribution in [0.25, 0.3) is 0 Å². The van der Waals surface area contributed by atoms with Gasteiger partial charge >= 0.3 is 0 Å². The van der Waals surface area contributed by atoms with E-state index in [1.54, 1.807) is 0 Å². The van der Waals surface area contributed by atoms with Crippen LogP contribution in [0.1, 0.15) is 24.9 Å². The van der Waals surface area contributed by atoms with Gasteiger partial charge < -0.3 is 10.2 Å². The minimum absolute atomic E-state index is 0.238. The molecule has 1 N–H and O–H groups in total. The Labute approximate surface area is 119 Å². The molecule has 0 aliphatic carbocycles. The fourth-order valence-corrected chi connectivity index (χ4v) is 2.95. The second-order valence-electron chi connectivity index (χ2n) is 5.21. The van der Waals surface area contributed by atoms with Crippen molar-refractivity contribution in [1.82, 2.24) is 10.2 Å². The van der Waals surface area contributed by atoms with E-state index in [9.17, 15) is 0 Å². The summed E-state index contributed by atoms with van der Waals surface area (Å²) >= 11 is 12.2. The zero-order valence-corrected chi connectivity index (χ0v) is 12.4. The molecule has 18 heavy (non-hydrogen) atoms. The third kappa shape index (κ3) is 3.61. The number of rotatable bonds is 4. The van der Waals surface area contributed by atoms with Gasteiger partial charge in [-0.15, -0.1) is 0 Å². The number of halogens is 2. The van der Waals surface area contributed by atoms with Gasteiger partial charge in [0.1, 0.15) is 0 Å². The second-order valence-corrected chi connectivity index (χ2v) is 6.06. The number of likely N-dealkylation sites (tertiary alicyclic amines) is 1. The van der Waals surface area contributed by atoms with Gasteiger partial charge in [-0.05, 0) is 63.2 Å². The molecule has 0 aromatic heterocycles. The van der Waals surface area contributed by atoms with Gasteiger partial charge in [0, 0.05) is 22.6 Å². The van der Waals surface area contributed by atoms with Gasteiger partial charge in [-0.25, -0.2) is 0 Å². The highest BCUT2D eigenvalue weighted by atomic mass is 35.5. The molecule has 1 fully saturated rings. The number of benzene rings is 1. The van der Waals surface area contributed by atoms with Gasteiger partial charge in [0.15, 0.2) is 0 Å². The van der Waals surface area contributed by atoms with Crippen molar-refractivity contribution in [3.63, 3.8) is 0 Å². The van der Waals surface area contributed by atoms with Gasteiger partial charge in [-0.2, -0.15) is 0 Å². The van der Waals surface area contributed by atoms with E-state index in [2.05, 4.69) is 24.2 Å². The third-order valence-corrected chi connectivity index (χ3v) is 4.21. The lowest BCUT2D eigenvalue weighted by Crippen LogP contribution is -2.27. The van der Waals surface area contributed by atoms with E-state index in [0.29, 0.717) is 0 Å². The minimum Gasteiger partial charge on any atom is -0.310 e. The van der Waals surface area contributed by atoms with Crippen molar-refractivity contribution in [2.75, 3.05) is 26.7 Å². The van der Waals surface area contributed by atoms with Crippen LogP contribution in [0, 0.1) is 5.92 Å². The van der Waals surface area contributed by atoms with Crippen LogP contribution < -0.4 is 5.32 Å². The summed E-state index contributed by atoms with van der Waals surface area (Å²) in [5.74, 6) is 0.746. The first kappa shape index (κ1) is 14.1. The number of hydrogen-bond donors (Lipinski definition) is 1. The highest BCUT2D eigenvalue weighted by Crippen LogP contribution is 2.26. The largest absolute Gasteiger partial charge is 0.310 e. The first-order valence-electron chi connectivity index (χ1n) is 6.43. The number of nitrogens with zero attached hydrogens (tertiary/aromatic N) is 1. The van der Waals surface area contributed by atoms with Gasteiger partial charge in [0.2, 0.25) is 0 Å². The highest BCUT2D eigenvalue weighted by molar-refractivity contribution is 6.33. The zero-order valence-electron chi connectivity index (χ0n) is 10.9. The van der Waals surface area contributed by atoms with E-state index in [1.165, 1.54) is 19.5 Å². The van der Waals surface area contributed by atoms with Crippen LogP contribution in [0.5, 0.6) is 0 Å². The average Bonchev–Trinajstić information content (AvgIpc) is 2.75. The van der Waals surface area contributed by atoms with E-state index >= 15 is 0 Å². The molecule has 1 heterocycles. The van der Waals surface area contributed by atoms with Crippen molar-refractivity contribution in [1.29, 1.82) is 0 Å². The molecule has 1 aromatic carbocycles. The average molecular weight is 287 g/mol. The van der Waals surface area contributed by atoms with Crippen molar-refractivity contribution in [2.24, 2.45) is 5.92 Å². The summed E-state index contributed by atoms with van der Waals surface area (Å²) in [6, 6.07) is 5.87. The van der Waals surface area contributed by atoms with E-state index in [1.807, 2.05) is 18.2 Å². The van der Waals surface area contributed by atoms with Crippen molar-refractivity contribution in [3.05, 3.63) is 33.8 Å². The van der Waals surface area contributed by atoms with Crippen molar-refractivity contribution >= 4 is 23.2 Å². The van der Waals surface area contributed by atoms with Crippen molar-refractivity contribution in [3.8, 4) is 0 Å². The number of hydrogen-bond acceptors (Lipinski definition) is 2. The monoisotopic (exact) mass is 286 g/mol. The fourth-order valence-electron chi connectivity index (χ4n) is 2.49. The molecule has 2 atom stereocenters. The molecule has 2 unspecified atom stereocenters. The van der Waals surface area contributed by atoms with Crippen LogP contribution in [-0.2, 0) is 0 Å². The van der Waals surface area contributed by atoms with Crippen LogP contribution in [-0.4, -0.2) is 31.6 Å². The molecule has 1 aliphatic heterocycles. The smallest absolute Gasteiger partial charge is 0.0454 e. The molecule has 0 radical (unpaired) electrons. The van der Waals surface area contributed by atoms with E-state index in [0.717, 1.165) is 28.1 Å². The molecule has 1 aromatic rings. The maximum atomic E-state index is 6.20. The fraction of sp³-hybridized carbons (Fsp3) is 0.571. The quantitative estimate of drug-likeness (QED) is 0.910. The molecule has 2 nitrogen and oxygen atoms in total. The molecule has 0 saturated carbocycles. The van der Waals surface area contributed by atoms with Gasteiger partial charge in [0.25, 0.3) is 0 Å². The molecule has 100 valence electrons. The minimum atomic E-state index is 0.238. The normalized spacial score (nSPS) is 22.3. The molecule has 1 aliphatic rings. The molecule has 1 saturated heterocycles. The van der Waals surface area contributed by atoms with E-state index < -0.39 is 0 Å². The molecule has 0 amide bonds. The van der Waals surface area contributed by atoms with Crippen LogP contribution in [0.3, 0.4) is 0 Å². The Morgan fingerprint density at radius 3 is 2.89 bits per heavy atom. The van der Waals surface area contributed by atoms with E-state index in [4.69, 9.17) is 23.2 Å². The highest BCUT2D eigenvalue weighted by Gasteiger charge is 2.20. The Kier molecular flexibility index (Phi) is 4.91. The molecular formula is C14H20Cl2N2. The SMILES string of the molecule is CC(NCC1CCN(C)C1)c1cc(Cl)ccc1Cl. The Bertz CT molecular complexity index is 409. The Hall–Kier alpha value is -0.280. The Balaban J connectivity index is 1.91. The van der Waals surface area contributed by atoms with Gasteiger partial charge in [-0.1, -0.05) is 23.2 Å². The molecule has 2 rings (SSSR count). The molecule has 4 heteroatoms. The van der Waals surface area contributed by atoms with Crippen LogP contribution >= 0.6 is 23.2 Å². The predicted molar refractivity (Wildman–Crippen MR) is 78.5 cm³/mol. The summed E-state index contributed by atoms with van der Waals surface area (Å²) < 4.78 is 0. The predicted octanol–water partition coefficient (Wildman–Crippen LogP) is 3.60. The summed E-state index contributed by atoms with van der Waals surface area (Å²) in [5, 5.41) is 5.08. The first-order valence-corrected chi connectivity index (χ1v) is 7.18. The summed E-state index contributed by atoms with van der Waals surface area (Å²) in [6.07, 6.45) is 1.28. The third-order valence-electron chi connectivity index (χ3n) is 3.63. The Morgan fingerprint density at radius 1 is 1.44 bits per heavy atom. The number of nitrogens with one attached hydrogen (secondary N) is 1. The van der Waals surface area contributed by atoms with Crippen LogP contribution in [0.15, 0.2) is 18.2 Å². The van der Waals surface area contributed by atoms with Gasteiger partial charge in [0.05, 0.1) is 0 Å². The van der Waals surface area contributed by atoms with E-state index in [-0.39, 0.29) is 6.04 Å². The molecule has 0 bridgehead atoms. The molecule has 0 spiro atoms. The lowest BCUT2D eigenvalue weighted by Gasteiger charge is -2.19. The second kappa shape index (κ2) is 6.25. The zero-order chi connectivity index (χ0) is 13.1. The van der Waals surface area contributed by atoms with Crippen molar-refractivity contribution < 1.29 is 0 Å². The maximum absolute atomic E-state index is 6.20. The lowest BCUT2D eigenvalue weighted by molar-refractivity contribution is 0.382. The van der Waals surface area contributed by atoms with Crippen molar-refractivity contribution in [2.45, 2.75) is 19.4 Å². The lowest BCUT2D eigenvalue weighted by atomic mass is 10.1. The summed E-state index contributed by atoms with van der Waals surface area (Å²) in [6.45, 7) is 5.56. The Morgan fingerprint density at radius 2 is 2.22 bits per heavy atom. The van der Waals surface area contributed by atoms with Crippen LogP contribution in [0.4, 0.5) is 0 Å². The summed E-state index contributed by atoms with van der Waals surface area (Å²) in [5.41, 5.74) is 1.08. The standard InChI is InChI=1S/C14H20Cl2N2/c1-10(13-7-12(15)3-4-14(13)16)17-8-11-5-6-18(2)9-11/h3-4,7,10-11,17H,5-6,8-9H2,1-2H3. The van der Waals surface area contributed by atoms with Crippen LogP contribution in [0.2, 0.25) is 10.0 Å². The first-order chi connectivity index (χ1) is 8.56. The maximum Gasteiger partial charge on any atom is 0.0454 e. The topological polar surface area (TPSA) is 15.3 Å².